The zero-order valence-corrected chi connectivity index (χ0v) is 12.7. The van der Waals surface area contributed by atoms with E-state index >= 15 is 0 Å². The lowest BCUT2D eigenvalue weighted by Gasteiger charge is -2.25. The van der Waals surface area contributed by atoms with E-state index < -0.39 is 0 Å². The number of carbonyl (C=O) groups excluding carboxylic acids is 1. The summed E-state index contributed by atoms with van der Waals surface area (Å²) in [5.41, 5.74) is 1.10. The Labute approximate surface area is 130 Å². The van der Waals surface area contributed by atoms with Gasteiger partial charge in [0.2, 0.25) is 5.91 Å². The number of aromatic nitrogens is 3. The Morgan fingerprint density at radius 3 is 2.68 bits per heavy atom. The van der Waals surface area contributed by atoms with Crippen LogP contribution in [0.2, 0.25) is 0 Å². The van der Waals surface area contributed by atoms with Gasteiger partial charge >= 0.3 is 0 Å². The van der Waals surface area contributed by atoms with Gasteiger partial charge in [-0.15, -0.1) is 0 Å². The Bertz CT molecular complexity index is 576. The third kappa shape index (κ3) is 3.72. The Morgan fingerprint density at radius 2 is 2.00 bits per heavy atom. The van der Waals surface area contributed by atoms with Gasteiger partial charge < -0.3 is 5.32 Å². The predicted molar refractivity (Wildman–Crippen MR) is 83.9 cm³/mol. The Balaban J connectivity index is 1.71. The van der Waals surface area contributed by atoms with Crippen molar-refractivity contribution in [2.24, 2.45) is 5.92 Å². The van der Waals surface area contributed by atoms with E-state index in [-0.39, 0.29) is 17.9 Å². The molecule has 5 heteroatoms. The van der Waals surface area contributed by atoms with Gasteiger partial charge in [-0.1, -0.05) is 49.6 Å². The van der Waals surface area contributed by atoms with Crippen LogP contribution in [-0.2, 0) is 11.3 Å². The highest BCUT2D eigenvalue weighted by Crippen LogP contribution is 2.25. The molecule has 1 aromatic carbocycles. The highest BCUT2D eigenvalue weighted by molar-refractivity contribution is 5.79. The average molecular weight is 298 g/mol. The summed E-state index contributed by atoms with van der Waals surface area (Å²) in [6, 6.07) is 9.99. The smallest absolute Gasteiger partial charge is 0.223 e. The highest BCUT2D eigenvalue weighted by atomic mass is 16.1. The van der Waals surface area contributed by atoms with Crippen molar-refractivity contribution in [3.63, 3.8) is 0 Å². The second kappa shape index (κ2) is 7.20. The summed E-state index contributed by atoms with van der Waals surface area (Å²) in [5, 5.41) is 7.37. The fraction of sp³-hybridized carbons (Fsp3) is 0.471. The maximum Gasteiger partial charge on any atom is 0.223 e. The van der Waals surface area contributed by atoms with E-state index in [1.807, 2.05) is 30.3 Å². The SMILES string of the molecule is O=C(N[C@H](Cn1cncn1)c1ccccc1)C1CCCCC1. The highest BCUT2D eigenvalue weighted by Gasteiger charge is 2.24. The molecule has 1 saturated carbocycles. The molecule has 22 heavy (non-hydrogen) atoms. The first-order valence-corrected chi connectivity index (χ1v) is 8.00. The van der Waals surface area contributed by atoms with E-state index in [0.29, 0.717) is 6.54 Å². The van der Waals surface area contributed by atoms with Gasteiger partial charge in [-0.25, -0.2) is 4.98 Å². The van der Waals surface area contributed by atoms with Crippen molar-refractivity contribution in [1.29, 1.82) is 0 Å². The van der Waals surface area contributed by atoms with Crippen molar-refractivity contribution in [2.75, 3.05) is 0 Å². The quantitative estimate of drug-likeness (QED) is 0.923. The standard InChI is InChI=1S/C17H22N4O/c22-17(15-9-5-2-6-10-15)20-16(11-21-13-18-12-19-21)14-7-3-1-4-8-14/h1,3-4,7-8,12-13,15-16H,2,5-6,9-11H2,(H,20,22)/t16-/m1/s1. The number of amides is 1. The molecular formula is C17H22N4O. The molecule has 0 unspecified atom stereocenters. The van der Waals surface area contributed by atoms with Crippen LogP contribution in [0.25, 0.3) is 0 Å². The number of carbonyl (C=O) groups is 1. The molecule has 1 N–H and O–H groups in total. The summed E-state index contributed by atoms with van der Waals surface area (Å²) in [6.07, 6.45) is 8.81. The number of hydrogen-bond acceptors (Lipinski definition) is 3. The summed E-state index contributed by atoms with van der Waals surface area (Å²) in [6.45, 7) is 0.600. The molecule has 2 aromatic rings. The van der Waals surface area contributed by atoms with Gasteiger partial charge in [-0.3, -0.25) is 9.48 Å². The van der Waals surface area contributed by atoms with E-state index in [0.717, 1.165) is 31.2 Å². The van der Waals surface area contributed by atoms with Gasteiger partial charge in [0, 0.05) is 5.92 Å². The Kier molecular flexibility index (Phi) is 4.83. The fourth-order valence-corrected chi connectivity index (χ4v) is 3.09. The Hall–Kier alpha value is -2.17. The van der Waals surface area contributed by atoms with Crippen LogP contribution in [0, 0.1) is 5.92 Å². The predicted octanol–water partition coefficient (Wildman–Crippen LogP) is 2.72. The number of nitrogens with zero attached hydrogens (tertiary/aromatic N) is 3. The van der Waals surface area contributed by atoms with Gasteiger partial charge in [-0.05, 0) is 18.4 Å². The molecule has 1 aliphatic rings. The molecule has 1 atom stereocenters. The lowest BCUT2D eigenvalue weighted by atomic mass is 9.88. The summed E-state index contributed by atoms with van der Waals surface area (Å²) in [5.74, 6) is 0.337. The van der Waals surface area contributed by atoms with Gasteiger partial charge in [0.25, 0.3) is 0 Å². The van der Waals surface area contributed by atoms with E-state index in [9.17, 15) is 4.79 Å². The van der Waals surface area contributed by atoms with Crippen LogP contribution in [0.3, 0.4) is 0 Å². The van der Waals surface area contributed by atoms with Gasteiger partial charge in [0.1, 0.15) is 12.7 Å². The van der Waals surface area contributed by atoms with Crippen LogP contribution in [0.15, 0.2) is 43.0 Å². The first kappa shape index (κ1) is 14.8. The molecule has 1 aliphatic carbocycles. The lowest BCUT2D eigenvalue weighted by Crippen LogP contribution is -2.36. The lowest BCUT2D eigenvalue weighted by molar-refractivity contribution is -0.126. The first-order valence-electron chi connectivity index (χ1n) is 8.00. The van der Waals surface area contributed by atoms with E-state index in [1.54, 1.807) is 11.0 Å². The largest absolute Gasteiger partial charge is 0.347 e. The molecule has 0 bridgehead atoms. The maximum atomic E-state index is 12.6. The summed E-state index contributed by atoms with van der Waals surface area (Å²) in [7, 11) is 0. The van der Waals surface area contributed by atoms with Crippen molar-refractivity contribution in [2.45, 2.75) is 44.7 Å². The normalized spacial score (nSPS) is 17.1. The Morgan fingerprint density at radius 1 is 1.23 bits per heavy atom. The van der Waals surface area contributed by atoms with Gasteiger partial charge in [-0.2, -0.15) is 5.10 Å². The molecule has 116 valence electrons. The summed E-state index contributed by atoms with van der Waals surface area (Å²) >= 11 is 0. The molecule has 0 saturated heterocycles. The van der Waals surface area contributed by atoms with Crippen molar-refractivity contribution in [1.82, 2.24) is 20.1 Å². The van der Waals surface area contributed by atoms with Crippen molar-refractivity contribution < 1.29 is 4.79 Å². The van der Waals surface area contributed by atoms with Crippen LogP contribution in [0.4, 0.5) is 0 Å². The number of hydrogen-bond donors (Lipinski definition) is 1. The van der Waals surface area contributed by atoms with Crippen LogP contribution >= 0.6 is 0 Å². The van der Waals surface area contributed by atoms with Crippen molar-refractivity contribution in [3.05, 3.63) is 48.5 Å². The molecule has 0 radical (unpaired) electrons. The molecule has 1 heterocycles. The second-order valence-electron chi connectivity index (χ2n) is 5.92. The van der Waals surface area contributed by atoms with E-state index in [1.165, 1.54) is 12.7 Å². The zero-order chi connectivity index (χ0) is 15.2. The number of benzene rings is 1. The molecule has 3 rings (SSSR count). The summed E-state index contributed by atoms with van der Waals surface area (Å²) in [4.78, 5) is 16.5. The van der Waals surface area contributed by atoms with Crippen LogP contribution in [-0.4, -0.2) is 20.7 Å². The van der Waals surface area contributed by atoms with Crippen LogP contribution in [0.1, 0.15) is 43.7 Å². The molecule has 1 fully saturated rings. The van der Waals surface area contributed by atoms with Crippen molar-refractivity contribution in [3.8, 4) is 0 Å². The third-order valence-corrected chi connectivity index (χ3v) is 4.33. The molecule has 1 amide bonds. The number of rotatable bonds is 5. The first-order chi connectivity index (χ1) is 10.8. The fourth-order valence-electron chi connectivity index (χ4n) is 3.09. The van der Waals surface area contributed by atoms with E-state index in [2.05, 4.69) is 15.4 Å². The van der Waals surface area contributed by atoms with Gasteiger partial charge in [0.05, 0.1) is 12.6 Å². The molecule has 0 spiro atoms. The third-order valence-electron chi connectivity index (χ3n) is 4.33. The topological polar surface area (TPSA) is 59.8 Å². The van der Waals surface area contributed by atoms with E-state index in [4.69, 9.17) is 0 Å². The van der Waals surface area contributed by atoms with Crippen LogP contribution in [0.5, 0.6) is 0 Å². The summed E-state index contributed by atoms with van der Waals surface area (Å²) < 4.78 is 1.76. The molecular weight excluding hydrogens is 276 g/mol. The maximum absolute atomic E-state index is 12.6. The zero-order valence-electron chi connectivity index (χ0n) is 12.7. The number of nitrogens with one attached hydrogen (secondary N) is 1. The van der Waals surface area contributed by atoms with Crippen LogP contribution < -0.4 is 5.32 Å². The minimum absolute atomic E-state index is 0.0719. The molecule has 0 aliphatic heterocycles. The van der Waals surface area contributed by atoms with Gasteiger partial charge in [0.15, 0.2) is 0 Å². The van der Waals surface area contributed by atoms with Crippen molar-refractivity contribution >= 4 is 5.91 Å². The minimum Gasteiger partial charge on any atom is -0.347 e. The molecule has 5 nitrogen and oxygen atoms in total. The minimum atomic E-state index is -0.0719. The second-order valence-corrected chi connectivity index (χ2v) is 5.92. The monoisotopic (exact) mass is 298 g/mol. The molecule has 1 aromatic heterocycles. The average Bonchev–Trinajstić information content (AvgIpc) is 3.09.